The molecule has 1 aliphatic rings. The number of aromatic nitrogens is 1. The smallest absolute Gasteiger partial charge is 0.332 e. The third-order valence-corrected chi connectivity index (χ3v) is 4.66. The Balaban J connectivity index is 2.21. The van der Waals surface area contributed by atoms with Gasteiger partial charge in [0.15, 0.2) is 29.3 Å². The highest BCUT2D eigenvalue weighted by molar-refractivity contribution is 5.98. The normalized spacial score (nSPS) is 24.2. The van der Waals surface area contributed by atoms with E-state index in [1.54, 1.807) is 13.8 Å². The minimum Gasteiger partial charge on any atom is -0.503 e. The van der Waals surface area contributed by atoms with Gasteiger partial charge in [0.1, 0.15) is 12.7 Å². The number of amides is 1. The molecule has 0 unspecified atom stereocenters. The molecule has 4 atom stereocenters. The van der Waals surface area contributed by atoms with Crippen LogP contribution in [0.5, 0.6) is 11.5 Å². The number of esters is 3. The maximum atomic E-state index is 12.6. The van der Waals surface area contributed by atoms with Crippen molar-refractivity contribution >= 4 is 23.8 Å². The number of ether oxygens (including phenoxy) is 4. The van der Waals surface area contributed by atoms with Crippen LogP contribution in [-0.2, 0) is 28.6 Å². The Morgan fingerprint density at radius 2 is 1.94 bits per heavy atom. The number of carbonyl (C=O) groups excluding carboxylic acids is 4. The van der Waals surface area contributed by atoms with Gasteiger partial charge in [0.05, 0.1) is 18.9 Å². The summed E-state index contributed by atoms with van der Waals surface area (Å²) in [5, 5.41) is 12.4. The highest BCUT2D eigenvalue weighted by Crippen LogP contribution is 2.27. The van der Waals surface area contributed by atoms with E-state index >= 15 is 0 Å². The summed E-state index contributed by atoms with van der Waals surface area (Å²) in [6.45, 7) is 5.70. The van der Waals surface area contributed by atoms with Gasteiger partial charge in [-0.3, -0.25) is 14.4 Å². The fraction of sp³-hybridized carbons (Fsp3) is 0.550. The number of hydrogen-bond acceptors (Lipinski definition) is 10. The number of pyridine rings is 1. The molecule has 0 radical (unpaired) electrons. The fourth-order valence-corrected chi connectivity index (χ4v) is 2.80. The van der Waals surface area contributed by atoms with E-state index in [2.05, 4.69) is 10.3 Å². The lowest BCUT2D eigenvalue weighted by Crippen LogP contribution is -2.46. The average Bonchev–Trinajstić information content (AvgIpc) is 2.75. The number of methoxy groups -OCH3 is 1. The number of cyclic esters (lactones) is 2. The molecule has 2 heterocycles. The van der Waals surface area contributed by atoms with E-state index in [1.165, 1.54) is 33.2 Å². The van der Waals surface area contributed by atoms with Gasteiger partial charge < -0.3 is 29.4 Å². The summed E-state index contributed by atoms with van der Waals surface area (Å²) in [5.74, 6) is -4.96. The molecule has 0 spiro atoms. The zero-order valence-electron chi connectivity index (χ0n) is 17.9. The van der Waals surface area contributed by atoms with Gasteiger partial charge >= 0.3 is 17.9 Å². The molecule has 0 saturated carbocycles. The molecule has 0 aliphatic carbocycles. The Hall–Kier alpha value is -3.37. The lowest BCUT2D eigenvalue weighted by molar-refractivity contribution is -0.175. The van der Waals surface area contributed by atoms with Crippen molar-refractivity contribution in [3.63, 3.8) is 0 Å². The first-order chi connectivity index (χ1) is 14.6. The van der Waals surface area contributed by atoms with Crippen LogP contribution < -0.4 is 10.1 Å². The van der Waals surface area contributed by atoms with Crippen LogP contribution in [0.15, 0.2) is 12.3 Å². The molecule has 1 fully saturated rings. The lowest BCUT2D eigenvalue weighted by atomic mass is 10.00. The molecule has 1 aromatic heterocycles. The van der Waals surface area contributed by atoms with Gasteiger partial charge in [-0.15, -0.1) is 0 Å². The van der Waals surface area contributed by atoms with Crippen LogP contribution in [0.2, 0.25) is 0 Å². The molecule has 1 amide bonds. The van der Waals surface area contributed by atoms with Crippen molar-refractivity contribution in [3.8, 4) is 11.5 Å². The highest BCUT2D eigenvalue weighted by Gasteiger charge is 2.40. The summed E-state index contributed by atoms with van der Waals surface area (Å²) in [7, 11) is 1.30. The molecule has 1 aliphatic heterocycles. The minimum absolute atomic E-state index is 0.0147. The highest BCUT2D eigenvalue weighted by atomic mass is 16.6. The first kappa shape index (κ1) is 23.9. The molecule has 0 aromatic carbocycles. The number of rotatable bonds is 5. The van der Waals surface area contributed by atoms with Gasteiger partial charge in [0.2, 0.25) is 0 Å². The molecule has 11 nitrogen and oxygen atoms in total. The van der Waals surface area contributed by atoms with E-state index in [9.17, 15) is 24.3 Å². The van der Waals surface area contributed by atoms with E-state index in [1.807, 2.05) is 0 Å². The van der Waals surface area contributed by atoms with Crippen LogP contribution >= 0.6 is 0 Å². The van der Waals surface area contributed by atoms with Crippen molar-refractivity contribution in [2.45, 2.75) is 45.9 Å². The van der Waals surface area contributed by atoms with Gasteiger partial charge in [0, 0.05) is 12.3 Å². The Kier molecular flexibility index (Phi) is 7.78. The molecule has 31 heavy (non-hydrogen) atoms. The lowest BCUT2D eigenvalue weighted by Gasteiger charge is -2.27. The molecule has 2 rings (SSSR count). The maximum absolute atomic E-state index is 12.6. The Bertz CT molecular complexity index is 855. The second-order valence-corrected chi connectivity index (χ2v) is 7.35. The molecule has 170 valence electrons. The summed E-state index contributed by atoms with van der Waals surface area (Å²) in [4.78, 5) is 53.3. The monoisotopic (exact) mass is 438 g/mol. The van der Waals surface area contributed by atoms with Gasteiger partial charge in [0.25, 0.3) is 5.91 Å². The van der Waals surface area contributed by atoms with Gasteiger partial charge in [-0.25, -0.2) is 9.78 Å². The predicted octanol–water partition coefficient (Wildman–Crippen LogP) is 0.587. The van der Waals surface area contributed by atoms with Gasteiger partial charge in [-0.2, -0.15) is 0 Å². The Morgan fingerprint density at radius 3 is 2.55 bits per heavy atom. The summed E-state index contributed by atoms with van der Waals surface area (Å²) >= 11 is 0. The zero-order valence-corrected chi connectivity index (χ0v) is 17.9. The van der Waals surface area contributed by atoms with Crippen LogP contribution in [0.25, 0.3) is 0 Å². The van der Waals surface area contributed by atoms with E-state index in [0.717, 1.165) is 0 Å². The Morgan fingerprint density at radius 1 is 1.26 bits per heavy atom. The van der Waals surface area contributed by atoms with Crippen molar-refractivity contribution in [1.82, 2.24) is 10.3 Å². The quantitative estimate of drug-likeness (QED) is 0.494. The molecule has 11 heteroatoms. The van der Waals surface area contributed by atoms with E-state index in [4.69, 9.17) is 18.9 Å². The van der Waals surface area contributed by atoms with Crippen LogP contribution in [0.1, 0.15) is 38.2 Å². The largest absolute Gasteiger partial charge is 0.503 e. The number of carbonyl (C=O) groups is 4. The second-order valence-electron chi connectivity index (χ2n) is 7.35. The van der Waals surface area contributed by atoms with Crippen molar-refractivity contribution < 1.29 is 43.2 Å². The number of hydrogen-bond donors (Lipinski definition) is 2. The van der Waals surface area contributed by atoms with E-state index < -0.39 is 66.3 Å². The second kappa shape index (κ2) is 10.1. The molecule has 1 aromatic rings. The standard InChI is InChI=1S/C20H26N2O9/c1-9(2)18(25)31-16-10(3)19(26)29-8-12(20(27)30-11(16)4)22-17(24)14-15(23)13(28-5)6-7-21-14/h6-7,9-12,16,23H,8H2,1-5H3,(H,22,24)/t10-,11+,12+,16-/m1/s1. The number of nitrogens with zero attached hydrogens (tertiary/aromatic N) is 1. The predicted molar refractivity (Wildman–Crippen MR) is 104 cm³/mol. The average molecular weight is 438 g/mol. The summed E-state index contributed by atoms with van der Waals surface area (Å²) in [5.41, 5.74) is -0.386. The first-order valence-electron chi connectivity index (χ1n) is 9.67. The Labute approximate surface area is 179 Å². The van der Waals surface area contributed by atoms with E-state index in [0.29, 0.717) is 0 Å². The SMILES string of the molecule is COc1ccnc(C(=O)N[C@H]2COC(=O)[C@H](C)[C@@H](OC(=O)C(C)C)[C@H](C)OC2=O)c1O. The third-order valence-electron chi connectivity index (χ3n) is 4.66. The molecular formula is C20H26N2O9. The van der Waals surface area contributed by atoms with Crippen LogP contribution in [-0.4, -0.2) is 65.9 Å². The third kappa shape index (κ3) is 5.62. The van der Waals surface area contributed by atoms with E-state index in [-0.39, 0.29) is 11.4 Å². The zero-order chi connectivity index (χ0) is 23.3. The maximum Gasteiger partial charge on any atom is 0.332 e. The molecule has 2 N–H and O–H groups in total. The van der Waals surface area contributed by atoms with Crippen LogP contribution in [0, 0.1) is 11.8 Å². The summed E-state index contributed by atoms with van der Waals surface area (Å²) in [6.07, 6.45) is -0.810. The van der Waals surface area contributed by atoms with Gasteiger partial charge in [-0.1, -0.05) is 13.8 Å². The number of aromatic hydroxyl groups is 1. The number of nitrogens with one attached hydrogen (secondary N) is 1. The first-order valence-corrected chi connectivity index (χ1v) is 9.67. The van der Waals surface area contributed by atoms with Crippen molar-refractivity contribution in [1.29, 1.82) is 0 Å². The van der Waals surface area contributed by atoms with Crippen molar-refractivity contribution in [2.24, 2.45) is 11.8 Å². The van der Waals surface area contributed by atoms with Crippen LogP contribution in [0.4, 0.5) is 0 Å². The molecule has 0 bridgehead atoms. The molecule has 1 saturated heterocycles. The fourth-order valence-electron chi connectivity index (χ4n) is 2.80. The van der Waals surface area contributed by atoms with Crippen LogP contribution in [0.3, 0.4) is 0 Å². The summed E-state index contributed by atoms with van der Waals surface area (Å²) in [6, 6.07) is -0.0258. The van der Waals surface area contributed by atoms with Crippen molar-refractivity contribution in [2.75, 3.05) is 13.7 Å². The van der Waals surface area contributed by atoms with Crippen molar-refractivity contribution in [3.05, 3.63) is 18.0 Å². The summed E-state index contributed by atoms with van der Waals surface area (Å²) < 4.78 is 20.8. The van der Waals surface area contributed by atoms with Gasteiger partial charge in [-0.05, 0) is 13.8 Å². The molecular weight excluding hydrogens is 412 g/mol. The topological polar surface area (TPSA) is 150 Å². The minimum atomic E-state index is -1.38.